The van der Waals surface area contributed by atoms with E-state index in [0.29, 0.717) is 44.9 Å². The second-order valence-corrected chi connectivity index (χ2v) is 9.31. The van der Waals surface area contributed by atoms with Gasteiger partial charge in [-0.15, -0.1) is 0 Å². The van der Waals surface area contributed by atoms with Crippen LogP contribution in [0.25, 0.3) is 0 Å². The van der Waals surface area contributed by atoms with Crippen LogP contribution in [0.15, 0.2) is 4.99 Å². The second kappa shape index (κ2) is 12.7. The first kappa shape index (κ1) is 25.2. The summed E-state index contributed by atoms with van der Waals surface area (Å²) in [6.07, 6.45) is 4.05. The average molecular weight is 410 g/mol. The number of hydrogen-bond acceptors (Lipinski definition) is 3. The van der Waals surface area contributed by atoms with Crippen molar-refractivity contribution in [2.75, 3.05) is 39.3 Å². The van der Waals surface area contributed by atoms with Crippen LogP contribution < -0.4 is 10.6 Å². The van der Waals surface area contributed by atoms with Crippen molar-refractivity contribution < 1.29 is 9.59 Å². The van der Waals surface area contributed by atoms with E-state index in [1.165, 1.54) is 0 Å². The number of carbonyl (C=O) groups excluding carboxylic acids is 2. The predicted molar refractivity (Wildman–Crippen MR) is 120 cm³/mol. The highest BCUT2D eigenvalue weighted by Gasteiger charge is 2.23. The summed E-state index contributed by atoms with van der Waals surface area (Å²) in [6, 6.07) is 0. The molecule has 1 saturated heterocycles. The van der Waals surface area contributed by atoms with Crippen LogP contribution in [-0.2, 0) is 9.59 Å². The SMILES string of the molecule is CCNC(=NCCCCCC(=O)N1CCN(C(=O)CC(C)C)CC1)NC(C)(C)C. The van der Waals surface area contributed by atoms with Gasteiger partial charge in [-0.25, -0.2) is 0 Å². The molecule has 1 rings (SSSR count). The van der Waals surface area contributed by atoms with Crippen LogP contribution >= 0.6 is 0 Å². The fraction of sp³-hybridized carbons (Fsp3) is 0.864. The number of rotatable bonds is 9. The second-order valence-electron chi connectivity index (χ2n) is 9.31. The molecule has 1 aliphatic heterocycles. The lowest BCUT2D eigenvalue weighted by molar-refractivity contribution is -0.140. The molecule has 0 aliphatic carbocycles. The Kier molecular flexibility index (Phi) is 11.1. The van der Waals surface area contributed by atoms with Gasteiger partial charge in [-0.2, -0.15) is 0 Å². The van der Waals surface area contributed by atoms with Crippen LogP contribution in [0, 0.1) is 5.92 Å². The highest BCUT2D eigenvalue weighted by molar-refractivity contribution is 5.80. The molecule has 0 aromatic rings. The number of carbonyl (C=O) groups is 2. The van der Waals surface area contributed by atoms with Crippen molar-refractivity contribution >= 4 is 17.8 Å². The molecule has 0 aromatic heterocycles. The first-order valence-corrected chi connectivity index (χ1v) is 11.2. The zero-order chi connectivity index (χ0) is 21.9. The van der Waals surface area contributed by atoms with Gasteiger partial charge in [0.15, 0.2) is 5.96 Å². The van der Waals surface area contributed by atoms with Crippen LogP contribution in [0.1, 0.15) is 73.6 Å². The Bertz CT molecular complexity index is 532. The topological polar surface area (TPSA) is 77.0 Å². The van der Waals surface area contributed by atoms with E-state index in [0.717, 1.165) is 38.3 Å². The standard InChI is InChI=1S/C22H43N5O2/c1-7-23-21(25-22(4,5)6)24-12-10-8-9-11-19(28)26-13-15-27(16-14-26)20(29)17-18(2)3/h18H,7-17H2,1-6H3,(H2,23,24,25). The lowest BCUT2D eigenvalue weighted by Crippen LogP contribution is -2.50. The zero-order valence-corrected chi connectivity index (χ0v) is 19.5. The number of hydrogen-bond donors (Lipinski definition) is 2. The molecule has 29 heavy (non-hydrogen) atoms. The van der Waals surface area contributed by atoms with E-state index in [4.69, 9.17) is 0 Å². The van der Waals surface area contributed by atoms with Gasteiger partial charge < -0.3 is 20.4 Å². The quantitative estimate of drug-likeness (QED) is 0.349. The molecule has 0 radical (unpaired) electrons. The number of guanidine groups is 1. The summed E-state index contributed by atoms with van der Waals surface area (Å²) in [5.41, 5.74) is -0.0170. The Labute approximate surface area is 177 Å². The molecule has 0 saturated carbocycles. The number of aliphatic imine (C=N–C) groups is 1. The van der Waals surface area contributed by atoms with Gasteiger partial charge in [0.1, 0.15) is 0 Å². The van der Waals surface area contributed by atoms with Gasteiger partial charge in [-0.3, -0.25) is 14.6 Å². The largest absolute Gasteiger partial charge is 0.357 e. The normalized spacial score (nSPS) is 15.6. The van der Waals surface area contributed by atoms with E-state index in [-0.39, 0.29) is 17.4 Å². The van der Waals surface area contributed by atoms with Crippen molar-refractivity contribution in [2.45, 2.75) is 79.2 Å². The first-order valence-electron chi connectivity index (χ1n) is 11.2. The molecule has 0 bridgehead atoms. The molecule has 2 N–H and O–H groups in total. The van der Waals surface area contributed by atoms with Crippen molar-refractivity contribution in [3.8, 4) is 0 Å². The Morgan fingerprint density at radius 2 is 1.55 bits per heavy atom. The fourth-order valence-electron chi connectivity index (χ4n) is 3.26. The Morgan fingerprint density at radius 3 is 2.07 bits per heavy atom. The fourth-order valence-corrected chi connectivity index (χ4v) is 3.26. The molecule has 7 nitrogen and oxygen atoms in total. The van der Waals surface area contributed by atoms with Crippen molar-refractivity contribution in [2.24, 2.45) is 10.9 Å². The number of nitrogens with one attached hydrogen (secondary N) is 2. The smallest absolute Gasteiger partial charge is 0.222 e. The highest BCUT2D eigenvalue weighted by Crippen LogP contribution is 2.11. The molecule has 7 heteroatoms. The first-order chi connectivity index (χ1) is 13.6. The maximum Gasteiger partial charge on any atom is 0.222 e. The maximum absolute atomic E-state index is 12.4. The Hall–Kier alpha value is -1.79. The van der Waals surface area contributed by atoms with Crippen LogP contribution in [0.3, 0.4) is 0 Å². The third-order valence-electron chi connectivity index (χ3n) is 4.72. The summed E-state index contributed by atoms with van der Waals surface area (Å²) in [7, 11) is 0. The number of unbranched alkanes of at least 4 members (excludes halogenated alkanes) is 2. The summed E-state index contributed by atoms with van der Waals surface area (Å²) in [4.78, 5) is 33.0. The number of nitrogens with zero attached hydrogens (tertiary/aromatic N) is 3. The number of amides is 2. The minimum Gasteiger partial charge on any atom is -0.357 e. The van der Waals surface area contributed by atoms with E-state index < -0.39 is 0 Å². The average Bonchev–Trinajstić information content (AvgIpc) is 2.62. The van der Waals surface area contributed by atoms with Crippen molar-refractivity contribution in [1.29, 1.82) is 0 Å². The Balaban J connectivity index is 2.22. The minimum atomic E-state index is -0.0170. The van der Waals surface area contributed by atoms with Gasteiger partial charge in [0.2, 0.25) is 11.8 Å². The van der Waals surface area contributed by atoms with E-state index in [9.17, 15) is 9.59 Å². The van der Waals surface area contributed by atoms with Gasteiger partial charge in [0.05, 0.1) is 0 Å². The molecule has 1 heterocycles. The van der Waals surface area contributed by atoms with E-state index >= 15 is 0 Å². The van der Waals surface area contributed by atoms with E-state index in [2.05, 4.69) is 57.2 Å². The van der Waals surface area contributed by atoms with Crippen molar-refractivity contribution in [1.82, 2.24) is 20.4 Å². The van der Waals surface area contributed by atoms with Gasteiger partial charge in [-0.05, 0) is 46.5 Å². The molecule has 0 aromatic carbocycles. The molecule has 1 fully saturated rings. The zero-order valence-electron chi connectivity index (χ0n) is 19.5. The molecule has 0 unspecified atom stereocenters. The molecule has 2 amide bonds. The molecular weight excluding hydrogens is 366 g/mol. The molecule has 168 valence electrons. The monoisotopic (exact) mass is 409 g/mol. The van der Waals surface area contributed by atoms with Crippen LogP contribution in [0.4, 0.5) is 0 Å². The summed E-state index contributed by atoms with van der Waals surface area (Å²) < 4.78 is 0. The summed E-state index contributed by atoms with van der Waals surface area (Å²) in [5.74, 6) is 1.66. The van der Waals surface area contributed by atoms with E-state index in [1.54, 1.807) is 0 Å². The summed E-state index contributed by atoms with van der Waals surface area (Å²) in [6.45, 7) is 16.8. The summed E-state index contributed by atoms with van der Waals surface area (Å²) >= 11 is 0. The molecular formula is C22H43N5O2. The highest BCUT2D eigenvalue weighted by atomic mass is 16.2. The van der Waals surface area contributed by atoms with Gasteiger partial charge in [0, 0.05) is 57.6 Å². The molecule has 0 spiro atoms. The van der Waals surface area contributed by atoms with Crippen LogP contribution in [0.2, 0.25) is 0 Å². The van der Waals surface area contributed by atoms with Gasteiger partial charge in [-0.1, -0.05) is 20.3 Å². The van der Waals surface area contributed by atoms with Crippen molar-refractivity contribution in [3.63, 3.8) is 0 Å². The third kappa shape index (κ3) is 11.1. The van der Waals surface area contributed by atoms with Gasteiger partial charge in [0.25, 0.3) is 0 Å². The third-order valence-corrected chi connectivity index (χ3v) is 4.72. The molecule has 1 aliphatic rings. The minimum absolute atomic E-state index is 0.0170. The lowest BCUT2D eigenvalue weighted by Gasteiger charge is -2.35. The Morgan fingerprint density at radius 1 is 0.966 bits per heavy atom. The van der Waals surface area contributed by atoms with Gasteiger partial charge >= 0.3 is 0 Å². The molecule has 0 atom stereocenters. The van der Waals surface area contributed by atoms with Crippen LogP contribution in [-0.4, -0.2) is 72.4 Å². The number of piperazine rings is 1. The predicted octanol–water partition coefficient (Wildman–Crippen LogP) is 2.62. The van der Waals surface area contributed by atoms with Crippen LogP contribution in [0.5, 0.6) is 0 Å². The lowest BCUT2D eigenvalue weighted by atomic mass is 10.1. The maximum atomic E-state index is 12.4. The summed E-state index contributed by atoms with van der Waals surface area (Å²) in [5, 5.41) is 6.64. The van der Waals surface area contributed by atoms with Crippen molar-refractivity contribution in [3.05, 3.63) is 0 Å². The van der Waals surface area contributed by atoms with E-state index in [1.807, 2.05) is 9.80 Å².